The lowest BCUT2D eigenvalue weighted by molar-refractivity contribution is -0.135. The summed E-state index contributed by atoms with van der Waals surface area (Å²) in [6, 6.07) is 7.27. The third kappa shape index (κ3) is 4.27. The number of carboxylic acids is 1. The lowest BCUT2D eigenvalue weighted by atomic mass is 10.1. The van der Waals surface area contributed by atoms with Crippen molar-refractivity contribution in [1.82, 2.24) is 0 Å². The molecule has 0 aliphatic heterocycles. The molecule has 0 aliphatic rings. The fourth-order valence-corrected chi connectivity index (χ4v) is 1.31. The van der Waals surface area contributed by atoms with E-state index in [0.717, 1.165) is 11.1 Å². The van der Waals surface area contributed by atoms with Crippen LogP contribution in [-0.2, 0) is 14.3 Å². The van der Waals surface area contributed by atoms with E-state index in [9.17, 15) is 4.79 Å². The molecule has 0 radical (unpaired) electrons. The van der Waals surface area contributed by atoms with Gasteiger partial charge in [0.1, 0.15) is 6.42 Å². The van der Waals surface area contributed by atoms with Crippen LogP contribution in [0, 0.1) is 11.8 Å². The van der Waals surface area contributed by atoms with Crippen LogP contribution in [0.15, 0.2) is 24.3 Å². The monoisotopic (exact) mass is 234 g/mol. The van der Waals surface area contributed by atoms with Crippen molar-refractivity contribution >= 4 is 5.97 Å². The molecule has 1 rings (SSSR count). The zero-order chi connectivity index (χ0) is 12.7. The Labute approximate surface area is 100 Å². The van der Waals surface area contributed by atoms with Gasteiger partial charge < -0.3 is 14.6 Å². The van der Waals surface area contributed by atoms with Crippen LogP contribution < -0.4 is 0 Å². The summed E-state index contributed by atoms with van der Waals surface area (Å²) in [4.78, 5) is 10.3. The maximum Gasteiger partial charge on any atom is 0.315 e. The Morgan fingerprint density at radius 3 is 2.35 bits per heavy atom. The molecule has 4 nitrogen and oxygen atoms in total. The molecular weight excluding hydrogens is 220 g/mol. The Morgan fingerprint density at radius 1 is 1.29 bits per heavy atom. The van der Waals surface area contributed by atoms with Crippen LogP contribution in [0.2, 0.25) is 0 Å². The summed E-state index contributed by atoms with van der Waals surface area (Å²) in [5, 5.41) is 8.44. The van der Waals surface area contributed by atoms with E-state index in [1.807, 2.05) is 12.1 Å². The second kappa shape index (κ2) is 6.69. The van der Waals surface area contributed by atoms with Crippen LogP contribution in [0.5, 0.6) is 0 Å². The number of hydrogen-bond acceptors (Lipinski definition) is 3. The minimum atomic E-state index is -0.923. The SMILES string of the molecule is COC(OC)c1ccc(C#CCC(=O)O)cc1. The zero-order valence-electron chi connectivity index (χ0n) is 9.77. The molecule has 0 fully saturated rings. The van der Waals surface area contributed by atoms with Crippen LogP contribution in [-0.4, -0.2) is 25.3 Å². The molecule has 1 N–H and O–H groups in total. The van der Waals surface area contributed by atoms with Gasteiger partial charge in [0.05, 0.1) is 0 Å². The van der Waals surface area contributed by atoms with Crippen LogP contribution in [0.25, 0.3) is 0 Å². The molecular formula is C13H14O4. The van der Waals surface area contributed by atoms with Gasteiger partial charge in [0, 0.05) is 25.3 Å². The summed E-state index contributed by atoms with van der Waals surface area (Å²) < 4.78 is 10.2. The van der Waals surface area contributed by atoms with Crippen LogP contribution in [0.4, 0.5) is 0 Å². The summed E-state index contributed by atoms with van der Waals surface area (Å²) in [5.74, 6) is 4.41. The smallest absolute Gasteiger partial charge is 0.315 e. The van der Waals surface area contributed by atoms with E-state index < -0.39 is 12.3 Å². The Bertz CT molecular complexity index is 421. The number of carbonyl (C=O) groups is 1. The molecule has 0 bridgehead atoms. The van der Waals surface area contributed by atoms with Crippen LogP contribution >= 0.6 is 0 Å². The predicted molar refractivity (Wildman–Crippen MR) is 62.3 cm³/mol. The molecule has 0 saturated carbocycles. The molecule has 0 atom stereocenters. The number of hydrogen-bond donors (Lipinski definition) is 1. The second-order valence-corrected chi connectivity index (χ2v) is 3.30. The maximum absolute atomic E-state index is 10.3. The van der Waals surface area contributed by atoms with E-state index in [2.05, 4.69) is 11.8 Å². The molecule has 17 heavy (non-hydrogen) atoms. The van der Waals surface area contributed by atoms with E-state index in [-0.39, 0.29) is 6.42 Å². The summed E-state index contributed by atoms with van der Waals surface area (Å²) in [6.07, 6.45) is -0.545. The first-order chi connectivity index (χ1) is 8.17. The van der Waals surface area contributed by atoms with Crippen molar-refractivity contribution in [2.45, 2.75) is 12.7 Å². The predicted octanol–water partition coefficient (Wildman–Crippen LogP) is 1.80. The highest BCUT2D eigenvalue weighted by atomic mass is 16.7. The number of ether oxygens (including phenoxy) is 2. The quantitative estimate of drug-likeness (QED) is 0.637. The first-order valence-electron chi connectivity index (χ1n) is 5.03. The van der Waals surface area contributed by atoms with Crippen molar-refractivity contribution in [3.8, 4) is 11.8 Å². The standard InChI is InChI=1S/C13H14O4/c1-16-13(17-2)11-8-6-10(7-9-11)4-3-5-12(14)15/h6-9,13H,5H2,1-2H3,(H,14,15). The Morgan fingerprint density at radius 2 is 1.88 bits per heavy atom. The lowest BCUT2D eigenvalue weighted by Crippen LogP contribution is -2.03. The van der Waals surface area contributed by atoms with Gasteiger partial charge in [-0.15, -0.1) is 0 Å². The first kappa shape index (κ1) is 13.2. The minimum Gasteiger partial charge on any atom is -0.481 e. The average Bonchev–Trinajstić information content (AvgIpc) is 2.32. The molecule has 0 aromatic heterocycles. The number of carboxylic acid groups (broad SMARTS) is 1. The van der Waals surface area contributed by atoms with Gasteiger partial charge in [0.2, 0.25) is 0 Å². The van der Waals surface area contributed by atoms with Crippen LogP contribution in [0.1, 0.15) is 23.8 Å². The van der Waals surface area contributed by atoms with E-state index in [0.29, 0.717) is 0 Å². The van der Waals surface area contributed by atoms with Crippen molar-refractivity contribution in [3.63, 3.8) is 0 Å². The van der Waals surface area contributed by atoms with Gasteiger partial charge in [-0.1, -0.05) is 24.0 Å². The number of benzene rings is 1. The maximum atomic E-state index is 10.3. The molecule has 0 amide bonds. The van der Waals surface area contributed by atoms with Crippen molar-refractivity contribution in [2.24, 2.45) is 0 Å². The zero-order valence-corrected chi connectivity index (χ0v) is 9.77. The molecule has 90 valence electrons. The summed E-state index contributed by atoms with van der Waals surface area (Å²) >= 11 is 0. The average molecular weight is 234 g/mol. The highest BCUT2D eigenvalue weighted by Gasteiger charge is 2.07. The summed E-state index contributed by atoms with van der Waals surface area (Å²) in [5.41, 5.74) is 1.65. The van der Waals surface area contributed by atoms with Crippen molar-refractivity contribution in [2.75, 3.05) is 14.2 Å². The molecule has 4 heteroatoms. The Hall–Kier alpha value is -1.83. The summed E-state index contributed by atoms with van der Waals surface area (Å²) in [6.45, 7) is 0. The largest absolute Gasteiger partial charge is 0.481 e. The molecule has 0 saturated heterocycles. The van der Waals surface area contributed by atoms with Gasteiger partial charge in [-0.25, -0.2) is 0 Å². The molecule has 1 aromatic rings. The highest BCUT2D eigenvalue weighted by Crippen LogP contribution is 2.17. The van der Waals surface area contributed by atoms with E-state index in [1.54, 1.807) is 26.4 Å². The molecule has 0 heterocycles. The fraction of sp³-hybridized carbons (Fsp3) is 0.308. The van der Waals surface area contributed by atoms with Gasteiger partial charge in [0.15, 0.2) is 6.29 Å². The Kier molecular flexibility index (Phi) is 5.21. The minimum absolute atomic E-state index is 0.152. The van der Waals surface area contributed by atoms with E-state index in [4.69, 9.17) is 14.6 Å². The van der Waals surface area contributed by atoms with Crippen molar-refractivity contribution in [1.29, 1.82) is 0 Å². The lowest BCUT2D eigenvalue weighted by Gasteiger charge is -2.13. The van der Waals surface area contributed by atoms with Gasteiger partial charge in [-0.2, -0.15) is 0 Å². The van der Waals surface area contributed by atoms with Gasteiger partial charge >= 0.3 is 5.97 Å². The van der Waals surface area contributed by atoms with E-state index in [1.165, 1.54) is 0 Å². The summed E-state index contributed by atoms with van der Waals surface area (Å²) in [7, 11) is 3.13. The molecule has 0 unspecified atom stereocenters. The third-order valence-electron chi connectivity index (χ3n) is 2.08. The van der Waals surface area contributed by atoms with Gasteiger partial charge in [-0.3, -0.25) is 4.79 Å². The van der Waals surface area contributed by atoms with E-state index >= 15 is 0 Å². The van der Waals surface area contributed by atoms with Gasteiger partial charge in [-0.05, 0) is 12.1 Å². The topological polar surface area (TPSA) is 55.8 Å². The highest BCUT2D eigenvalue weighted by molar-refractivity contribution is 5.70. The van der Waals surface area contributed by atoms with Crippen molar-refractivity contribution < 1.29 is 19.4 Å². The molecule has 0 aliphatic carbocycles. The number of methoxy groups -OCH3 is 2. The third-order valence-corrected chi connectivity index (χ3v) is 2.08. The first-order valence-corrected chi connectivity index (χ1v) is 5.03. The molecule has 1 aromatic carbocycles. The number of rotatable bonds is 4. The molecule has 0 spiro atoms. The Balaban J connectivity index is 2.73. The van der Waals surface area contributed by atoms with Crippen molar-refractivity contribution in [3.05, 3.63) is 35.4 Å². The normalized spacial score (nSPS) is 9.82. The second-order valence-electron chi connectivity index (χ2n) is 3.30. The fourth-order valence-electron chi connectivity index (χ4n) is 1.31. The number of aliphatic carboxylic acids is 1. The van der Waals surface area contributed by atoms with Crippen LogP contribution in [0.3, 0.4) is 0 Å². The van der Waals surface area contributed by atoms with Gasteiger partial charge in [0.25, 0.3) is 0 Å².